The Morgan fingerprint density at radius 1 is 0.654 bits per heavy atom. The molecule has 0 radical (unpaired) electrons. The molecule has 0 unspecified atom stereocenters. The summed E-state index contributed by atoms with van der Waals surface area (Å²) in [6.07, 6.45) is 20.0. The van der Waals surface area contributed by atoms with Gasteiger partial charge in [-0.2, -0.15) is 0 Å². The van der Waals surface area contributed by atoms with E-state index in [1.54, 1.807) is 0 Å². The molecule has 0 bridgehead atoms. The molecular weight excluding hydrogens is 314 g/mol. The van der Waals surface area contributed by atoms with Crippen LogP contribution < -0.4 is 5.32 Å². The second-order valence-electron chi connectivity index (χ2n) is 8.51. The molecular formula is C25H47N. The molecule has 152 valence electrons. The summed E-state index contributed by atoms with van der Waals surface area (Å²) in [5, 5.41) is 3.72. The van der Waals surface area contributed by atoms with Gasteiger partial charge in [0.1, 0.15) is 0 Å². The number of benzene rings is 1. The summed E-state index contributed by atoms with van der Waals surface area (Å²) in [5.74, 6) is 0. The lowest BCUT2D eigenvalue weighted by Crippen LogP contribution is -2.37. The third-order valence-corrected chi connectivity index (χ3v) is 5.59. The molecule has 0 amide bonds. The molecule has 0 aliphatic heterocycles. The molecule has 26 heavy (non-hydrogen) atoms. The van der Waals surface area contributed by atoms with Crippen molar-refractivity contribution in [1.29, 1.82) is 0 Å². The SMILES string of the molecule is CCCCCCCCCCCCCCCCNC(C)(C)c1ccccc1.[HH]. The Morgan fingerprint density at radius 2 is 1.08 bits per heavy atom. The number of hydrogen-bond donors (Lipinski definition) is 1. The van der Waals surface area contributed by atoms with Crippen molar-refractivity contribution in [2.45, 2.75) is 116 Å². The molecule has 0 spiro atoms. The van der Waals surface area contributed by atoms with Crippen LogP contribution in [0.1, 0.15) is 118 Å². The summed E-state index contributed by atoms with van der Waals surface area (Å²) in [6.45, 7) is 7.99. The molecule has 0 saturated heterocycles. The second-order valence-corrected chi connectivity index (χ2v) is 8.51. The lowest BCUT2D eigenvalue weighted by atomic mass is 9.94. The van der Waals surface area contributed by atoms with Gasteiger partial charge in [0.2, 0.25) is 0 Å². The number of nitrogens with one attached hydrogen (secondary N) is 1. The predicted molar refractivity (Wildman–Crippen MR) is 120 cm³/mol. The van der Waals surface area contributed by atoms with Gasteiger partial charge in [-0.05, 0) is 32.4 Å². The van der Waals surface area contributed by atoms with E-state index in [0.717, 1.165) is 6.54 Å². The maximum atomic E-state index is 3.72. The zero-order valence-electron chi connectivity index (χ0n) is 18.0. The number of rotatable bonds is 17. The van der Waals surface area contributed by atoms with E-state index in [2.05, 4.69) is 56.4 Å². The molecule has 1 heteroatoms. The maximum absolute atomic E-state index is 3.72. The van der Waals surface area contributed by atoms with Crippen molar-refractivity contribution in [2.75, 3.05) is 6.54 Å². The van der Waals surface area contributed by atoms with Gasteiger partial charge in [0.25, 0.3) is 0 Å². The first-order chi connectivity index (χ1) is 12.7. The van der Waals surface area contributed by atoms with E-state index >= 15 is 0 Å². The van der Waals surface area contributed by atoms with Crippen molar-refractivity contribution in [3.05, 3.63) is 35.9 Å². The monoisotopic (exact) mass is 361 g/mol. The van der Waals surface area contributed by atoms with E-state index in [1.807, 2.05) is 0 Å². The van der Waals surface area contributed by atoms with Gasteiger partial charge < -0.3 is 5.32 Å². The van der Waals surface area contributed by atoms with Gasteiger partial charge in [0.05, 0.1) is 0 Å². The van der Waals surface area contributed by atoms with E-state index in [4.69, 9.17) is 0 Å². The lowest BCUT2D eigenvalue weighted by Gasteiger charge is -2.27. The average molecular weight is 362 g/mol. The summed E-state index contributed by atoms with van der Waals surface area (Å²) < 4.78 is 0. The highest BCUT2D eigenvalue weighted by atomic mass is 14.9. The van der Waals surface area contributed by atoms with Crippen LogP contribution in [0, 0.1) is 0 Å². The van der Waals surface area contributed by atoms with Crippen LogP contribution in [0.4, 0.5) is 0 Å². The summed E-state index contributed by atoms with van der Waals surface area (Å²) in [6, 6.07) is 10.8. The molecule has 0 atom stereocenters. The van der Waals surface area contributed by atoms with Crippen molar-refractivity contribution in [2.24, 2.45) is 0 Å². The van der Waals surface area contributed by atoms with Gasteiger partial charge in [-0.3, -0.25) is 0 Å². The summed E-state index contributed by atoms with van der Waals surface area (Å²) in [4.78, 5) is 0. The van der Waals surface area contributed by atoms with Crippen molar-refractivity contribution >= 4 is 0 Å². The zero-order valence-corrected chi connectivity index (χ0v) is 18.0. The molecule has 1 aromatic rings. The first-order valence-electron chi connectivity index (χ1n) is 11.5. The first-order valence-corrected chi connectivity index (χ1v) is 11.5. The van der Waals surface area contributed by atoms with Crippen LogP contribution in [-0.2, 0) is 5.54 Å². The van der Waals surface area contributed by atoms with Crippen LogP contribution in [-0.4, -0.2) is 6.54 Å². The summed E-state index contributed by atoms with van der Waals surface area (Å²) in [5.41, 5.74) is 1.46. The lowest BCUT2D eigenvalue weighted by molar-refractivity contribution is 0.394. The zero-order chi connectivity index (χ0) is 18.9. The molecule has 0 fully saturated rings. The van der Waals surface area contributed by atoms with Crippen LogP contribution in [0.25, 0.3) is 0 Å². The van der Waals surface area contributed by atoms with Crippen LogP contribution in [0.2, 0.25) is 0 Å². The van der Waals surface area contributed by atoms with E-state index in [-0.39, 0.29) is 6.97 Å². The highest BCUT2D eigenvalue weighted by molar-refractivity contribution is 5.22. The molecule has 0 aromatic heterocycles. The Labute approximate surface area is 165 Å². The second kappa shape index (κ2) is 15.3. The van der Waals surface area contributed by atoms with Gasteiger partial charge in [0, 0.05) is 6.97 Å². The highest BCUT2D eigenvalue weighted by Gasteiger charge is 2.18. The fourth-order valence-corrected chi connectivity index (χ4v) is 3.68. The molecule has 0 aliphatic rings. The first kappa shape index (κ1) is 23.2. The van der Waals surface area contributed by atoms with Crippen LogP contribution in [0.3, 0.4) is 0 Å². The highest BCUT2D eigenvalue weighted by Crippen LogP contribution is 2.19. The van der Waals surface area contributed by atoms with E-state index in [1.165, 1.54) is 95.5 Å². The number of unbranched alkanes of at least 4 members (excludes halogenated alkanes) is 13. The Hall–Kier alpha value is -0.820. The van der Waals surface area contributed by atoms with E-state index < -0.39 is 0 Å². The normalized spacial score (nSPS) is 11.8. The topological polar surface area (TPSA) is 12.0 Å². The summed E-state index contributed by atoms with van der Waals surface area (Å²) in [7, 11) is 0. The molecule has 0 saturated carbocycles. The smallest absolute Gasteiger partial charge is 0.0377 e. The minimum Gasteiger partial charge on any atom is -0.308 e. The minimum absolute atomic E-state index is 0. The third kappa shape index (κ3) is 11.7. The molecule has 1 nitrogen and oxygen atoms in total. The maximum Gasteiger partial charge on any atom is 0.0377 e. The van der Waals surface area contributed by atoms with Gasteiger partial charge in [-0.25, -0.2) is 0 Å². The van der Waals surface area contributed by atoms with Gasteiger partial charge >= 0.3 is 0 Å². The van der Waals surface area contributed by atoms with Gasteiger partial charge in [-0.15, -0.1) is 0 Å². The van der Waals surface area contributed by atoms with E-state index in [9.17, 15) is 0 Å². The van der Waals surface area contributed by atoms with Gasteiger partial charge in [0.15, 0.2) is 0 Å². The standard InChI is InChI=1S/C25H45N.H2/c1-4-5-6-7-8-9-10-11-12-13-14-15-16-20-23-26-25(2,3)24-21-18-17-19-22-24;/h17-19,21-22,26H,4-16,20,23H2,1-3H3;1H. The molecule has 0 heterocycles. The Kier molecular flexibility index (Phi) is 13.6. The molecule has 1 N–H and O–H groups in total. The molecule has 0 aliphatic carbocycles. The summed E-state index contributed by atoms with van der Waals surface area (Å²) >= 11 is 0. The van der Waals surface area contributed by atoms with E-state index in [0.29, 0.717) is 0 Å². The quantitative estimate of drug-likeness (QED) is 0.275. The van der Waals surface area contributed by atoms with Crippen LogP contribution >= 0.6 is 0 Å². The van der Waals surface area contributed by atoms with Gasteiger partial charge in [-0.1, -0.05) is 121 Å². The fourth-order valence-electron chi connectivity index (χ4n) is 3.68. The average Bonchev–Trinajstić information content (AvgIpc) is 2.65. The van der Waals surface area contributed by atoms with Crippen LogP contribution in [0.5, 0.6) is 0 Å². The van der Waals surface area contributed by atoms with Crippen molar-refractivity contribution < 1.29 is 1.43 Å². The van der Waals surface area contributed by atoms with Crippen LogP contribution in [0.15, 0.2) is 30.3 Å². The molecule has 1 aromatic carbocycles. The number of hydrogen-bond acceptors (Lipinski definition) is 1. The molecule has 1 rings (SSSR count). The Balaban J connectivity index is 0.00000676. The van der Waals surface area contributed by atoms with Crippen molar-refractivity contribution in [3.63, 3.8) is 0 Å². The third-order valence-electron chi connectivity index (χ3n) is 5.59. The van der Waals surface area contributed by atoms with Crippen molar-refractivity contribution in [1.82, 2.24) is 5.32 Å². The minimum atomic E-state index is 0. The Bertz CT molecular complexity index is 416. The fraction of sp³-hybridized carbons (Fsp3) is 0.760. The largest absolute Gasteiger partial charge is 0.308 e. The van der Waals surface area contributed by atoms with Crippen molar-refractivity contribution in [3.8, 4) is 0 Å². The predicted octanol–water partition coefficient (Wildman–Crippen LogP) is 8.24. The Morgan fingerprint density at radius 3 is 1.54 bits per heavy atom.